The second-order valence-electron chi connectivity index (χ2n) is 3.88. The summed E-state index contributed by atoms with van der Waals surface area (Å²) in [5, 5.41) is 8.56. The molecular formula is C11H11N3O4S. The molecule has 1 unspecified atom stereocenters. The average Bonchev–Trinajstić information content (AvgIpc) is 3.18. The number of nitriles is 1. The number of methoxy groups -OCH3 is 1. The van der Waals surface area contributed by atoms with Gasteiger partial charge in [0.15, 0.2) is 0 Å². The van der Waals surface area contributed by atoms with Crippen LogP contribution >= 0.6 is 0 Å². The number of rotatable bonds is 3. The summed E-state index contributed by atoms with van der Waals surface area (Å²) >= 11 is 0. The largest absolute Gasteiger partial charge is 0.497 e. The van der Waals surface area contributed by atoms with Gasteiger partial charge in [-0.05, 0) is 24.3 Å². The maximum Gasteiger partial charge on any atom is 0.332 e. The Balaban J connectivity index is 2.10. The Labute approximate surface area is 110 Å². The predicted molar refractivity (Wildman–Crippen MR) is 64.8 cm³/mol. The molecule has 1 aromatic rings. The molecular weight excluding hydrogens is 270 g/mol. The molecule has 2 amide bonds. The van der Waals surface area contributed by atoms with E-state index in [1.165, 1.54) is 31.4 Å². The van der Waals surface area contributed by atoms with Crippen LogP contribution in [-0.2, 0) is 10.0 Å². The molecule has 1 N–H and O–H groups in total. The van der Waals surface area contributed by atoms with Crippen molar-refractivity contribution in [3.05, 3.63) is 24.3 Å². The van der Waals surface area contributed by atoms with Crippen molar-refractivity contribution in [2.45, 2.75) is 10.9 Å². The Hall–Kier alpha value is -2.27. The second kappa shape index (κ2) is 4.78. The van der Waals surface area contributed by atoms with Crippen molar-refractivity contribution in [2.24, 2.45) is 0 Å². The van der Waals surface area contributed by atoms with Gasteiger partial charge in [-0.15, -0.1) is 0 Å². The average molecular weight is 281 g/mol. The minimum absolute atomic E-state index is 0.0444. The Morgan fingerprint density at radius 2 is 2.11 bits per heavy atom. The fourth-order valence-corrected chi connectivity index (χ4v) is 2.42. The molecule has 7 nitrogen and oxygen atoms in total. The summed E-state index contributed by atoms with van der Waals surface area (Å²) in [6.45, 7) is 0.250. The van der Waals surface area contributed by atoms with Gasteiger partial charge >= 0.3 is 6.03 Å². The van der Waals surface area contributed by atoms with E-state index in [2.05, 4.69) is 0 Å². The van der Waals surface area contributed by atoms with Gasteiger partial charge in [0.05, 0.1) is 24.6 Å². The van der Waals surface area contributed by atoms with E-state index in [4.69, 9.17) is 10.00 Å². The molecule has 1 aliphatic heterocycles. The van der Waals surface area contributed by atoms with Gasteiger partial charge in [0.25, 0.3) is 10.0 Å². The van der Waals surface area contributed by atoms with E-state index in [9.17, 15) is 13.2 Å². The molecule has 8 heteroatoms. The number of carbonyl (C=O) groups is 1. The minimum atomic E-state index is -3.93. The number of urea groups is 1. The number of carbonyl (C=O) groups excluding carboxylic acids is 1. The number of hydrogen-bond acceptors (Lipinski definition) is 5. The molecule has 1 aromatic carbocycles. The molecule has 1 heterocycles. The summed E-state index contributed by atoms with van der Waals surface area (Å²) < 4.78 is 30.6. The van der Waals surface area contributed by atoms with Crippen LogP contribution in [-0.4, -0.2) is 39.0 Å². The number of benzene rings is 1. The molecule has 1 saturated heterocycles. The van der Waals surface area contributed by atoms with Crippen LogP contribution in [0, 0.1) is 11.3 Å². The van der Waals surface area contributed by atoms with Crippen molar-refractivity contribution in [1.29, 1.82) is 5.26 Å². The molecule has 2 rings (SSSR count). The van der Waals surface area contributed by atoms with Crippen molar-refractivity contribution in [3.63, 3.8) is 0 Å². The Morgan fingerprint density at radius 1 is 1.47 bits per heavy atom. The van der Waals surface area contributed by atoms with Crippen LogP contribution in [0.25, 0.3) is 0 Å². The fraction of sp³-hybridized carbons (Fsp3) is 0.273. The van der Waals surface area contributed by atoms with Gasteiger partial charge in [0.1, 0.15) is 11.8 Å². The van der Waals surface area contributed by atoms with Gasteiger partial charge in [-0.25, -0.2) is 17.9 Å². The second-order valence-corrected chi connectivity index (χ2v) is 5.57. The predicted octanol–water partition coefficient (Wildman–Crippen LogP) is 0.301. The summed E-state index contributed by atoms with van der Waals surface area (Å²) in [4.78, 5) is 12.6. The first-order chi connectivity index (χ1) is 8.97. The van der Waals surface area contributed by atoms with Crippen LogP contribution in [0.3, 0.4) is 0 Å². The Morgan fingerprint density at radius 3 is 2.58 bits per heavy atom. The van der Waals surface area contributed by atoms with Crippen LogP contribution in [0.4, 0.5) is 4.79 Å². The van der Waals surface area contributed by atoms with E-state index < -0.39 is 22.1 Å². The summed E-state index contributed by atoms with van der Waals surface area (Å²) in [7, 11) is -2.46. The molecule has 0 saturated carbocycles. The number of sulfonamides is 1. The summed E-state index contributed by atoms with van der Waals surface area (Å²) in [5.74, 6) is 0.515. The van der Waals surface area contributed by atoms with Crippen LogP contribution in [0.1, 0.15) is 0 Å². The van der Waals surface area contributed by atoms with Crippen molar-refractivity contribution < 1.29 is 17.9 Å². The van der Waals surface area contributed by atoms with Gasteiger partial charge in [0.2, 0.25) is 0 Å². The number of nitrogens with zero attached hydrogens (tertiary/aromatic N) is 2. The normalized spacial score (nSPS) is 17.5. The Kier molecular flexibility index (Phi) is 3.31. The lowest BCUT2D eigenvalue weighted by Crippen LogP contribution is -2.34. The Bertz CT molecular complexity index is 633. The highest BCUT2D eigenvalue weighted by Crippen LogP contribution is 2.18. The van der Waals surface area contributed by atoms with E-state index in [1.54, 1.807) is 0 Å². The van der Waals surface area contributed by atoms with Gasteiger partial charge in [-0.2, -0.15) is 5.26 Å². The first-order valence-corrected chi connectivity index (χ1v) is 6.83. The van der Waals surface area contributed by atoms with E-state index in [-0.39, 0.29) is 11.4 Å². The third-order valence-electron chi connectivity index (χ3n) is 2.61. The molecule has 100 valence electrons. The highest BCUT2D eigenvalue weighted by atomic mass is 32.2. The van der Waals surface area contributed by atoms with Crippen LogP contribution < -0.4 is 9.46 Å². The highest BCUT2D eigenvalue weighted by molar-refractivity contribution is 7.90. The van der Waals surface area contributed by atoms with Crippen LogP contribution in [0.5, 0.6) is 5.75 Å². The number of nitrogens with one attached hydrogen (secondary N) is 1. The maximum absolute atomic E-state index is 11.9. The quantitative estimate of drug-likeness (QED) is 0.803. The van der Waals surface area contributed by atoms with Crippen molar-refractivity contribution in [3.8, 4) is 11.8 Å². The molecule has 1 aliphatic rings. The molecule has 19 heavy (non-hydrogen) atoms. The van der Waals surface area contributed by atoms with E-state index in [0.717, 1.165) is 4.90 Å². The molecule has 0 aliphatic carbocycles. The van der Waals surface area contributed by atoms with Crippen molar-refractivity contribution in [2.75, 3.05) is 13.7 Å². The minimum Gasteiger partial charge on any atom is -0.497 e. The first kappa shape index (κ1) is 13.2. The lowest BCUT2D eigenvalue weighted by atomic mass is 10.3. The molecule has 0 aromatic heterocycles. The van der Waals surface area contributed by atoms with Crippen LogP contribution in [0.15, 0.2) is 29.2 Å². The summed E-state index contributed by atoms with van der Waals surface area (Å²) in [5.41, 5.74) is 0. The van der Waals surface area contributed by atoms with Crippen molar-refractivity contribution >= 4 is 16.1 Å². The number of hydrogen-bond donors (Lipinski definition) is 1. The molecule has 0 bridgehead atoms. The van der Waals surface area contributed by atoms with E-state index in [0.29, 0.717) is 5.75 Å². The highest BCUT2D eigenvalue weighted by Gasteiger charge is 2.40. The van der Waals surface area contributed by atoms with E-state index in [1.807, 2.05) is 10.8 Å². The SMILES string of the molecule is COc1ccc(S(=O)(=O)NC(=O)N2CC2C#N)cc1. The first-order valence-electron chi connectivity index (χ1n) is 5.35. The third-order valence-corrected chi connectivity index (χ3v) is 3.95. The maximum atomic E-state index is 11.9. The topological polar surface area (TPSA) is 99.3 Å². The zero-order valence-electron chi connectivity index (χ0n) is 10.0. The lowest BCUT2D eigenvalue weighted by Gasteiger charge is -2.08. The molecule has 0 radical (unpaired) electrons. The number of amides is 2. The zero-order valence-corrected chi connectivity index (χ0v) is 10.8. The standard InChI is InChI=1S/C11H11N3O4S/c1-18-9-2-4-10(5-3-9)19(16,17)13-11(15)14-7-8(14)6-12/h2-5,8H,7H2,1H3,(H,13,15). The van der Waals surface area contributed by atoms with Gasteiger partial charge in [-0.3, -0.25) is 0 Å². The fourth-order valence-electron chi connectivity index (χ4n) is 1.46. The molecule has 1 atom stereocenters. The van der Waals surface area contributed by atoms with Gasteiger partial charge in [0, 0.05) is 0 Å². The van der Waals surface area contributed by atoms with Gasteiger partial charge in [-0.1, -0.05) is 0 Å². The van der Waals surface area contributed by atoms with E-state index >= 15 is 0 Å². The molecule has 0 spiro atoms. The number of ether oxygens (including phenoxy) is 1. The molecule has 1 fully saturated rings. The van der Waals surface area contributed by atoms with Gasteiger partial charge < -0.3 is 9.64 Å². The summed E-state index contributed by atoms with van der Waals surface area (Å²) in [6.07, 6.45) is 0. The summed E-state index contributed by atoms with van der Waals surface area (Å²) in [6, 6.07) is 6.16. The third kappa shape index (κ3) is 2.77. The van der Waals surface area contributed by atoms with Crippen LogP contribution in [0.2, 0.25) is 0 Å². The van der Waals surface area contributed by atoms with Crippen molar-refractivity contribution in [1.82, 2.24) is 9.62 Å². The lowest BCUT2D eigenvalue weighted by molar-refractivity contribution is 0.234. The monoisotopic (exact) mass is 281 g/mol. The smallest absolute Gasteiger partial charge is 0.332 e. The zero-order chi connectivity index (χ0) is 14.0.